The minimum atomic E-state index is -0.246. The molecule has 0 aromatic heterocycles. The zero-order valence-corrected chi connectivity index (χ0v) is 13.4. The Balaban J connectivity index is 2.46. The quantitative estimate of drug-likeness (QED) is 0.747. The molecule has 22 heavy (non-hydrogen) atoms. The van der Waals surface area contributed by atoms with Gasteiger partial charge < -0.3 is 10.6 Å². The number of hydrogen-bond acceptors (Lipinski definition) is 4. The molecule has 2 aromatic rings. The lowest BCUT2D eigenvalue weighted by Crippen LogP contribution is -2.24. The lowest BCUT2D eigenvalue weighted by molar-refractivity contribution is 0.0980. The Morgan fingerprint density at radius 2 is 1.14 bits per heavy atom. The van der Waals surface area contributed by atoms with Gasteiger partial charge in [-0.15, -0.1) is 0 Å². The van der Waals surface area contributed by atoms with E-state index in [1.807, 2.05) is 0 Å². The Hall–Kier alpha value is -2.04. The molecule has 0 bridgehead atoms. The Labute approximate surface area is 137 Å². The van der Waals surface area contributed by atoms with Gasteiger partial charge in [-0.05, 0) is 0 Å². The molecule has 0 atom stereocenters. The summed E-state index contributed by atoms with van der Waals surface area (Å²) in [5.41, 5.74) is 1.99. The molecule has 0 saturated carbocycles. The summed E-state index contributed by atoms with van der Waals surface area (Å²) in [6.45, 7) is 0. The highest BCUT2D eigenvalue weighted by molar-refractivity contribution is 6.48. The number of fused-ring (bicyclic) bond motifs is 2. The van der Waals surface area contributed by atoms with E-state index in [0.29, 0.717) is 22.5 Å². The molecule has 0 fully saturated rings. The van der Waals surface area contributed by atoms with Gasteiger partial charge in [0.05, 0.1) is 32.5 Å². The van der Waals surface area contributed by atoms with E-state index in [4.69, 9.17) is 23.2 Å². The number of hydrogen-bond donors (Lipinski definition) is 2. The molecular formula is C16H12Cl2N2O2. The van der Waals surface area contributed by atoms with Crippen LogP contribution in [0.4, 0.5) is 11.4 Å². The van der Waals surface area contributed by atoms with Gasteiger partial charge in [0.1, 0.15) is 0 Å². The summed E-state index contributed by atoms with van der Waals surface area (Å²) in [7, 11) is 3.27. The standard InChI is InChI=1S/C16H12Cl2N2O2/c1-19-13-9-10(14(20-2)12(18)11(13)17)16(22)8-6-4-3-5-7(8)15(9)21/h3-6,19-20H,1-2H3. The third-order valence-electron chi connectivity index (χ3n) is 3.75. The maximum Gasteiger partial charge on any atom is 0.196 e. The predicted octanol–water partition coefficient (Wildman–Crippen LogP) is 3.85. The SMILES string of the molecule is CNc1c(Cl)c(Cl)c(NC)c2c1C(=O)c1ccccc1C2=O. The Kier molecular flexibility index (Phi) is 3.59. The molecular weight excluding hydrogens is 323 g/mol. The highest BCUT2D eigenvalue weighted by Gasteiger charge is 2.36. The Bertz CT molecular complexity index is 763. The number of ketones is 2. The summed E-state index contributed by atoms with van der Waals surface area (Å²) >= 11 is 12.5. The van der Waals surface area contributed by atoms with Gasteiger partial charge >= 0.3 is 0 Å². The van der Waals surface area contributed by atoms with Gasteiger partial charge in [0.2, 0.25) is 0 Å². The van der Waals surface area contributed by atoms with Crippen molar-refractivity contribution in [1.82, 2.24) is 0 Å². The smallest absolute Gasteiger partial charge is 0.196 e. The van der Waals surface area contributed by atoms with Crippen molar-refractivity contribution in [2.24, 2.45) is 0 Å². The monoisotopic (exact) mass is 334 g/mol. The highest BCUT2D eigenvalue weighted by atomic mass is 35.5. The number of carbonyl (C=O) groups is 2. The van der Waals surface area contributed by atoms with Crippen LogP contribution in [0.25, 0.3) is 0 Å². The van der Waals surface area contributed by atoms with Gasteiger partial charge in [-0.2, -0.15) is 0 Å². The van der Waals surface area contributed by atoms with E-state index in [1.165, 1.54) is 0 Å². The molecule has 4 nitrogen and oxygen atoms in total. The third kappa shape index (κ3) is 1.84. The summed E-state index contributed by atoms with van der Waals surface area (Å²) < 4.78 is 0. The van der Waals surface area contributed by atoms with Crippen LogP contribution in [0, 0.1) is 0 Å². The molecule has 0 radical (unpaired) electrons. The van der Waals surface area contributed by atoms with Gasteiger partial charge in [0, 0.05) is 25.2 Å². The summed E-state index contributed by atoms with van der Waals surface area (Å²) in [6, 6.07) is 6.73. The van der Waals surface area contributed by atoms with Crippen molar-refractivity contribution in [3.05, 3.63) is 56.6 Å². The fourth-order valence-electron chi connectivity index (χ4n) is 2.76. The van der Waals surface area contributed by atoms with Crippen molar-refractivity contribution in [2.75, 3.05) is 24.7 Å². The molecule has 1 aliphatic carbocycles. The average Bonchev–Trinajstić information content (AvgIpc) is 2.54. The number of nitrogens with one attached hydrogen (secondary N) is 2. The third-order valence-corrected chi connectivity index (χ3v) is 4.60. The van der Waals surface area contributed by atoms with Crippen LogP contribution >= 0.6 is 23.2 Å². The molecule has 3 rings (SSSR count). The summed E-state index contributed by atoms with van der Waals surface area (Å²) in [6.07, 6.45) is 0. The second-order valence-corrected chi connectivity index (χ2v) is 5.59. The highest BCUT2D eigenvalue weighted by Crippen LogP contribution is 2.45. The average molecular weight is 335 g/mol. The van der Waals surface area contributed by atoms with Crippen molar-refractivity contribution in [3.63, 3.8) is 0 Å². The molecule has 0 unspecified atom stereocenters. The van der Waals surface area contributed by atoms with E-state index in [1.54, 1.807) is 38.4 Å². The Morgan fingerprint density at radius 1 is 0.773 bits per heavy atom. The number of halogens is 2. The summed E-state index contributed by atoms with van der Waals surface area (Å²) in [5, 5.41) is 6.19. The van der Waals surface area contributed by atoms with Crippen LogP contribution in [0.15, 0.2) is 24.3 Å². The van der Waals surface area contributed by atoms with Gasteiger partial charge in [0.15, 0.2) is 11.6 Å². The van der Waals surface area contributed by atoms with Crippen molar-refractivity contribution in [1.29, 1.82) is 0 Å². The molecule has 2 aromatic carbocycles. The number of carbonyl (C=O) groups excluding carboxylic acids is 2. The van der Waals surface area contributed by atoms with E-state index in [0.717, 1.165) is 0 Å². The van der Waals surface area contributed by atoms with Gasteiger partial charge in [0.25, 0.3) is 0 Å². The lowest BCUT2D eigenvalue weighted by Gasteiger charge is -2.24. The molecule has 0 heterocycles. The second-order valence-electron chi connectivity index (χ2n) is 4.83. The topological polar surface area (TPSA) is 58.2 Å². The molecule has 0 amide bonds. The molecule has 0 spiro atoms. The first-order valence-corrected chi connectivity index (χ1v) is 7.37. The number of rotatable bonds is 2. The van der Waals surface area contributed by atoms with E-state index in [2.05, 4.69) is 10.6 Å². The van der Waals surface area contributed by atoms with Crippen LogP contribution in [0.2, 0.25) is 10.0 Å². The normalized spacial score (nSPS) is 12.7. The maximum atomic E-state index is 12.8. The van der Waals surface area contributed by atoms with E-state index in [9.17, 15) is 9.59 Å². The van der Waals surface area contributed by atoms with Crippen molar-refractivity contribution in [3.8, 4) is 0 Å². The number of benzene rings is 2. The first-order chi connectivity index (χ1) is 10.5. The Morgan fingerprint density at radius 3 is 1.45 bits per heavy atom. The number of anilines is 2. The van der Waals surface area contributed by atoms with E-state index < -0.39 is 0 Å². The fourth-order valence-corrected chi connectivity index (χ4v) is 3.33. The zero-order chi connectivity index (χ0) is 16.0. The first kappa shape index (κ1) is 14.9. The molecule has 2 N–H and O–H groups in total. The van der Waals surface area contributed by atoms with Crippen LogP contribution in [-0.4, -0.2) is 25.7 Å². The minimum absolute atomic E-state index is 0.216. The lowest BCUT2D eigenvalue weighted by atomic mass is 9.82. The molecule has 0 aliphatic heterocycles. The second kappa shape index (κ2) is 5.30. The van der Waals surface area contributed by atoms with Crippen LogP contribution < -0.4 is 10.6 Å². The van der Waals surface area contributed by atoms with Crippen molar-refractivity contribution in [2.45, 2.75) is 0 Å². The fraction of sp³-hybridized carbons (Fsp3) is 0.125. The molecule has 1 aliphatic rings. The minimum Gasteiger partial charge on any atom is -0.386 e. The maximum absolute atomic E-state index is 12.8. The van der Waals surface area contributed by atoms with Crippen LogP contribution in [-0.2, 0) is 0 Å². The summed E-state index contributed by atoms with van der Waals surface area (Å²) in [5.74, 6) is -0.491. The van der Waals surface area contributed by atoms with Crippen LogP contribution in [0.1, 0.15) is 31.8 Å². The summed E-state index contributed by atoms with van der Waals surface area (Å²) in [4.78, 5) is 25.7. The molecule has 6 heteroatoms. The van der Waals surface area contributed by atoms with E-state index in [-0.39, 0.29) is 32.7 Å². The largest absolute Gasteiger partial charge is 0.386 e. The molecule has 0 saturated heterocycles. The predicted molar refractivity (Wildman–Crippen MR) is 88.9 cm³/mol. The van der Waals surface area contributed by atoms with Crippen LogP contribution in [0.5, 0.6) is 0 Å². The van der Waals surface area contributed by atoms with Crippen molar-refractivity contribution < 1.29 is 9.59 Å². The first-order valence-electron chi connectivity index (χ1n) is 6.61. The van der Waals surface area contributed by atoms with E-state index >= 15 is 0 Å². The molecule has 112 valence electrons. The van der Waals surface area contributed by atoms with Crippen LogP contribution in [0.3, 0.4) is 0 Å². The van der Waals surface area contributed by atoms with Gasteiger partial charge in [-0.3, -0.25) is 9.59 Å². The van der Waals surface area contributed by atoms with Gasteiger partial charge in [-0.25, -0.2) is 0 Å². The van der Waals surface area contributed by atoms with Crippen molar-refractivity contribution >= 4 is 46.1 Å². The van der Waals surface area contributed by atoms with Gasteiger partial charge in [-0.1, -0.05) is 47.5 Å². The zero-order valence-electron chi connectivity index (χ0n) is 11.9.